The minimum Gasteiger partial charge on any atom is -0.506 e. The zero-order valence-corrected chi connectivity index (χ0v) is 18.4. The van der Waals surface area contributed by atoms with Crippen molar-refractivity contribution in [2.45, 2.75) is 13.8 Å². The molecule has 0 radical (unpaired) electrons. The molecule has 158 valence electrons. The van der Waals surface area contributed by atoms with Crippen LogP contribution in [-0.4, -0.2) is 19.3 Å². The van der Waals surface area contributed by atoms with Crippen LogP contribution >= 0.6 is 11.6 Å². The fraction of sp³-hybridized carbons (Fsp3) is 0.160. The largest absolute Gasteiger partial charge is 0.506 e. The number of hydrogen-bond donors (Lipinski definition) is 1. The first kappa shape index (κ1) is 20.8. The van der Waals surface area contributed by atoms with Crippen LogP contribution in [0.3, 0.4) is 0 Å². The monoisotopic (exact) mass is 435 g/mol. The topological polar surface area (TPSA) is 64.2 Å². The van der Waals surface area contributed by atoms with Crippen molar-refractivity contribution in [3.8, 4) is 28.6 Å². The molecule has 0 amide bonds. The Bertz CT molecular complexity index is 1360. The zero-order valence-electron chi connectivity index (χ0n) is 17.7. The number of benzene rings is 3. The van der Waals surface area contributed by atoms with Gasteiger partial charge in [-0.2, -0.15) is 0 Å². The summed E-state index contributed by atoms with van der Waals surface area (Å²) in [4.78, 5) is 4.73. The minimum atomic E-state index is 0.0516. The minimum absolute atomic E-state index is 0.0516. The van der Waals surface area contributed by atoms with Gasteiger partial charge in [-0.25, -0.2) is 4.99 Å². The number of phenolic OH excluding ortho intramolecular Hbond substituents is 1. The fourth-order valence-corrected chi connectivity index (χ4v) is 3.78. The van der Waals surface area contributed by atoms with E-state index in [9.17, 15) is 5.11 Å². The quantitative estimate of drug-likeness (QED) is 0.407. The molecular formula is C25H22ClNO4. The highest BCUT2D eigenvalue weighted by Gasteiger charge is 2.12. The van der Waals surface area contributed by atoms with Gasteiger partial charge in [-0.05, 0) is 67.4 Å². The van der Waals surface area contributed by atoms with Crippen molar-refractivity contribution in [3.05, 3.63) is 76.1 Å². The van der Waals surface area contributed by atoms with E-state index in [0.29, 0.717) is 38.9 Å². The van der Waals surface area contributed by atoms with Crippen molar-refractivity contribution in [2.75, 3.05) is 14.2 Å². The molecule has 0 saturated heterocycles. The highest BCUT2D eigenvalue weighted by molar-refractivity contribution is 6.30. The third-order valence-electron chi connectivity index (χ3n) is 5.03. The van der Waals surface area contributed by atoms with Gasteiger partial charge in [0.2, 0.25) is 0 Å². The molecule has 0 aliphatic carbocycles. The molecule has 1 N–H and O–H groups in total. The van der Waals surface area contributed by atoms with Gasteiger partial charge in [0.25, 0.3) is 0 Å². The van der Waals surface area contributed by atoms with E-state index >= 15 is 0 Å². The lowest BCUT2D eigenvalue weighted by molar-refractivity contribution is 0.355. The van der Waals surface area contributed by atoms with E-state index < -0.39 is 0 Å². The molecule has 0 fully saturated rings. The van der Waals surface area contributed by atoms with Crippen LogP contribution in [0.5, 0.6) is 17.2 Å². The summed E-state index contributed by atoms with van der Waals surface area (Å²) in [5, 5.41) is 12.3. The van der Waals surface area contributed by atoms with Gasteiger partial charge < -0.3 is 19.0 Å². The summed E-state index contributed by atoms with van der Waals surface area (Å²) < 4.78 is 17.1. The average molecular weight is 436 g/mol. The standard InChI is InChI=1S/C25H22ClNO4/c1-14-9-15(2)25-19(27-18-12-17(26)6-7-20(18)28)13-22(31-24(25)10-14)16-5-8-21(29-3)23(11-16)30-4/h5-13,28H,1-4H3. The molecule has 1 aromatic heterocycles. The molecule has 0 aliphatic rings. The Labute approximate surface area is 185 Å². The van der Waals surface area contributed by atoms with E-state index in [1.807, 2.05) is 44.2 Å². The molecule has 6 heteroatoms. The first-order valence-corrected chi connectivity index (χ1v) is 10.1. The summed E-state index contributed by atoms with van der Waals surface area (Å²) >= 11 is 6.13. The van der Waals surface area contributed by atoms with Crippen molar-refractivity contribution in [2.24, 2.45) is 4.99 Å². The van der Waals surface area contributed by atoms with Crippen LogP contribution in [0.15, 0.2) is 64.0 Å². The van der Waals surface area contributed by atoms with E-state index in [2.05, 4.69) is 6.07 Å². The van der Waals surface area contributed by atoms with Crippen molar-refractivity contribution >= 4 is 28.3 Å². The number of fused-ring (bicyclic) bond motifs is 1. The molecule has 1 heterocycles. The Kier molecular flexibility index (Phi) is 5.61. The Morgan fingerprint density at radius 1 is 0.903 bits per heavy atom. The van der Waals surface area contributed by atoms with Crippen LogP contribution < -0.4 is 14.8 Å². The molecule has 0 saturated carbocycles. The van der Waals surface area contributed by atoms with Crippen LogP contribution in [-0.2, 0) is 0 Å². The van der Waals surface area contributed by atoms with E-state index in [-0.39, 0.29) is 5.75 Å². The fourth-order valence-electron chi connectivity index (χ4n) is 3.62. The van der Waals surface area contributed by atoms with Crippen LogP contribution in [0.25, 0.3) is 22.3 Å². The zero-order chi connectivity index (χ0) is 22.1. The smallest absolute Gasteiger partial charge is 0.161 e. The van der Waals surface area contributed by atoms with E-state index in [0.717, 1.165) is 22.1 Å². The SMILES string of the molecule is COc1ccc(-c2cc(=Nc3cc(Cl)ccc3O)c3c(C)cc(C)cc3o2)cc1OC. The summed E-state index contributed by atoms with van der Waals surface area (Å²) in [7, 11) is 3.19. The molecular weight excluding hydrogens is 414 g/mol. The summed E-state index contributed by atoms with van der Waals surface area (Å²) in [6.07, 6.45) is 0. The highest BCUT2D eigenvalue weighted by atomic mass is 35.5. The summed E-state index contributed by atoms with van der Waals surface area (Å²) in [5.41, 5.74) is 4.00. The van der Waals surface area contributed by atoms with Gasteiger partial charge >= 0.3 is 0 Å². The van der Waals surface area contributed by atoms with Gasteiger partial charge in [-0.15, -0.1) is 0 Å². The van der Waals surface area contributed by atoms with Crippen LogP contribution in [0.2, 0.25) is 5.02 Å². The lowest BCUT2D eigenvalue weighted by Crippen LogP contribution is -2.05. The van der Waals surface area contributed by atoms with Gasteiger partial charge in [-0.1, -0.05) is 17.7 Å². The molecule has 0 spiro atoms. The molecule has 31 heavy (non-hydrogen) atoms. The third kappa shape index (κ3) is 4.09. The number of halogens is 1. The van der Waals surface area contributed by atoms with Gasteiger partial charge in [0.05, 0.1) is 19.6 Å². The number of methoxy groups -OCH3 is 2. The second-order valence-electron chi connectivity index (χ2n) is 7.27. The number of nitrogens with zero attached hydrogens (tertiary/aromatic N) is 1. The van der Waals surface area contributed by atoms with Crippen LogP contribution in [0.1, 0.15) is 11.1 Å². The second-order valence-corrected chi connectivity index (χ2v) is 7.70. The average Bonchev–Trinajstić information content (AvgIpc) is 2.75. The maximum atomic E-state index is 10.3. The first-order chi connectivity index (χ1) is 14.9. The van der Waals surface area contributed by atoms with Gasteiger partial charge in [-0.3, -0.25) is 0 Å². The van der Waals surface area contributed by atoms with Crippen molar-refractivity contribution in [1.82, 2.24) is 0 Å². The lowest BCUT2D eigenvalue weighted by Gasteiger charge is -2.11. The second kappa shape index (κ2) is 8.36. The molecule has 0 aliphatic heterocycles. The van der Waals surface area contributed by atoms with Crippen LogP contribution in [0.4, 0.5) is 5.69 Å². The summed E-state index contributed by atoms with van der Waals surface area (Å²) in [6.45, 7) is 4.03. The maximum Gasteiger partial charge on any atom is 0.161 e. The Morgan fingerprint density at radius 3 is 2.42 bits per heavy atom. The van der Waals surface area contributed by atoms with E-state index in [4.69, 9.17) is 30.5 Å². The van der Waals surface area contributed by atoms with E-state index in [1.54, 1.807) is 26.4 Å². The Morgan fingerprint density at radius 2 is 1.68 bits per heavy atom. The molecule has 0 bridgehead atoms. The van der Waals surface area contributed by atoms with Crippen molar-refractivity contribution in [3.63, 3.8) is 0 Å². The third-order valence-corrected chi connectivity index (χ3v) is 5.27. The van der Waals surface area contributed by atoms with Gasteiger partial charge in [0, 0.05) is 22.0 Å². The van der Waals surface area contributed by atoms with Gasteiger partial charge in [0.1, 0.15) is 22.8 Å². The lowest BCUT2D eigenvalue weighted by atomic mass is 10.0. The number of phenols is 1. The molecule has 5 nitrogen and oxygen atoms in total. The predicted octanol–water partition coefficient (Wildman–Crippen LogP) is 6.33. The Hall–Kier alpha value is -3.44. The molecule has 4 rings (SSSR count). The van der Waals surface area contributed by atoms with E-state index in [1.165, 1.54) is 6.07 Å². The van der Waals surface area contributed by atoms with Crippen molar-refractivity contribution in [1.29, 1.82) is 0 Å². The normalized spacial score (nSPS) is 11.7. The summed E-state index contributed by atoms with van der Waals surface area (Å²) in [6, 6.07) is 16.3. The number of aromatic hydroxyl groups is 1. The number of aryl methyl sites for hydroxylation is 2. The highest BCUT2D eigenvalue weighted by Crippen LogP contribution is 2.34. The van der Waals surface area contributed by atoms with Gasteiger partial charge in [0.15, 0.2) is 11.5 Å². The van der Waals surface area contributed by atoms with Crippen LogP contribution in [0, 0.1) is 13.8 Å². The molecule has 0 unspecified atom stereocenters. The number of rotatable bonds is 4. The molecule has 4 aromatic rings. The first-order valence-electron chi connectivity index (χ1n) is 9.70. The van der Waals surface area contributed by atoms with Crippen molar-refractivity contribution < 1.29 is 19.0 Å². The Balaban J connectivity index is 2.04. The number of ether oxygens (including phenoxy) is 2. The summed E-state index contributed by atoms with van der Waals surface area (Å²) in [5.74, 6) is 1.89. The maximum absolute atomic E-state index is 10.3. The molecule has 3 aromatic carbocycles. The molecule has 0 atom stereocenters. The predicted molar refractivity (Wildman–Crippen MR) is 123 cm³/mol. The number of hydrogen-bond acceptors (Lipinski definition) is 5.